The molecule has 0 spiro atoms. The third kappa shape index (κ3) is 6.17. The minimum absolute atomic E-state index is 0. The fourth-order valence-electron chi connectivity index (χ4n) is 1.99. The van der Waals surface area contributed by atoms with E-state index in [2.05, 4.69) is 20.3 Å². The number of guanidine groups is 1. The number of nitrogens with zero attached hydrogens (tertiary/aromatic N) is 3. The summed E-state index contributed by atoms with van der Waals surface area (Å²) in [5, 5.41) is 3.35. The molecule has 1 fully saturated rings. The molecule has 2 rings (SSSR count). The number of halogens is 1. The molecular weight excluding hydrogens is 403 g/mol. The number of aromatic nitrogens is 1. The first kappa shape index (κ1) is 18.0. The quantitative estimate of drug-likeness (QED) is 0.341. The molecule has 0 bridgehead atoms. The molecule has 1 aromatic rings. The van der Waals surface area contributed by atoms with E-state index >= 15 is 0 Å². The van der Waals surface area contributed by atoms with Crippen molar-refractivity contribution in [2.45, 2.75) is 26.2 Å². The van der Waals surface area contributed by atoms with Crippen LogP contribution in [0.4, 0.5) is 0 Å². The lowest BCUT2D eigenvalue weighted by atomic mass is 10.2. The van der Waals surface area contributed by atoms with Crippen LogP contribution in [0.1, 0.15) is 23.5 Å². The van der Waals surface area contributed by atoms with Gasteiger partial charge in [0.15, 0.2) is 5.96 Å². The largest absolute Gasteiger partial charge is 0.370 e. The molecule has 4 nitrogen and oxygen atoms in total. The standard InChI is InChI=1S/C13H22N4S2.HI/c1-11-10-19-12(16-11)4-2-3-5-15-13(14)17-6-8-18-9-7-17;/h10H,2-9H2,1H3,(H2,14,15);1H. The second-order valence-electron chi connectivity index (χ2n) is 4.68. The summed E-state index contributed by atoms with van der Waals surface area (Å²) >= 11 is 3.74. The van der Waals surface area contributed by atoms with Crippen molar-refractivity contribution < 1.29 is 0 Å². The van der Waals surface area contributed by atoms with E-state index in [0.717, 1.165) is 50.6 Å². The summed E-state index contributed by atoms with van der Waals surface area (Å²) in [5.74, 6) is 3.06. The van der Waals surface area contributed by atoms with Crippen LogP contribution in [-0.2, 0) is 6.42 Å². The monoisotopic (exact) mass is 426 g/mol. The molecule has 20 heavy (non-hydrogen) atoms. The fraction of sp³-hybridized carbons (Fsp3) is 0.692. The Bertz CT molecular complexity index is 416. The van der Waals surface area contributed by atoms with E-state index in [9.17, 15) is 0 Å². The number of thioether (sulfide) groups is 1. The Morgan fingerprint density at radius 1 is 1.40 bits per heavy atom. The number of unbranched alkanes of at least 4 members (excludes halogenated alkanes) is 1. The SMILES string of the molecule is Cc1csc(CCCCN=C(N)N2CCSCC2)n1.I. The predicted octanol–water partition coefficient (Wildman–Crippen LogP) is 2.76. The molecule has 2 heterocycles. The van der Waals surface area contributed by atoms with Gasteiger partial charge in [0.2, 0.25) is 0 Å². The Hall–Kier alpha value is -0.0200. The third-order valence-electron chi connectivity index (χ3n) is 3.07. The maximum atomic E-state index is 6.00. The molecular formula is C13H23IN4S2. The topological polar surface area (TPSA) is 54.5 Å². The van der Waals surface area contributed by atoms with Gasteiger partial charge in [-0.2, -0.15) is 11.8 Å². The van der Waals surface area contributed by atoms with Crippen LogP contribution in [0.3, 0.4) is 0 Å². The van der Waals surface area contributed by atoms with E-state index in [1.54, 1.807) is 11.3 Å². The van der Waals surface area contributed by atoms with E-state index in [1.165, 1.54) is 16.5 Å². The summed E-state index contributed by atoms with van der Waals surface area (Å²) in [6.45, 7) is 4.96. The average molecular weight is 426 g/mol. The van der Waals surface area contributed by atoms with Crippen molar-refractivity contribution in [1.82, 2.24) is 9.88 Å². The summed E-state index contributed by atoms with van der Waals surface area (Å²) in [5.41, 5.74) is 7.13. The van der Waals surface area contributed by atoms with Gasteiger partial charge in [0.05, 0.1) is 5.01 Å². The molecule has 0 amide bonds. The Morgan fingerprint density at radius 2 is 2.15 bits per heavy atom. The highest BCUT2D eigenvalue weighted by molar-refractivity contribution is 14.0. The number of aliphatic imine (C=N–C) groups is 1. The molecule has 0 radical (unpaired) electrons. The molecule has 0 saturated carbocycles. The summed E-state index contributed by atoms with van der Waals surface area (Å²) in [6.07, 6.45) is 3.29. The minimum Gasteiger partial charge on any atom is -0.370 e. The highest BCUT2D eigenvalue weighted by atomic mass is 127. The molecule has 1 aromatic heterocycles. The normalized spacial score (nSPS) is 16.1. The highest BCUT2D eigenvalue weighted by Crippen LogP contribution is 2.12. The van der Waals surface area contributed by atoms with E-state index < -0.39 is 0 Å². The van der Waals surface area contributed by atoms with Gasteiger partial charge in [0.25, 0.3) is 0 Å². The van der Waals surface area contributed by atoms with Crippen LogP contribution in [-0.4, -0.2) is 47.0 Å². The first-order valence-electron chi connectivity index (χ1n) is 6.79. The van der Waals surface area contributed by atoms with E-state index in [4.69, 9.17) is 5.73 Å². The first-order chi connectivity index (χ1) is 9.25. The molecule has 0 atom stereocenters. The van der Waals surface area contributed by atoms with Gasteiger partial charge < -0.3 is 10.6 Å². The zero-order chi connectivity index (χ0) is 13.5. The molecule has 1 saturated heterocycles. The third-order valence-corrected chi connectivity index (χ3v) is 5.04. The summed E-state index contributed by atoms with van der Waals surface area (Å²) in [4.78, 5) is 11.1. The summed E-state index contributed by atoms with van der Waals surface area (Å²) in [6, 6.07) is 0. The fourth-order valence-corrected chi connectivity index (χ4v) is 3.71. The van der Waals surface area contributed by atoms with Gasteiger partial charge in [-0.25, -0.2) is 4.98 Å². The van der Waals surface area contributed by atoms with E-state index in [-0.39, 0.29) is 24.0 Å². The van der Waals surface area contributed by atoms with Crippen molar-refractivity contribution >= 4 is 53.0 Å². The lowest BCUT2D eigenvalue weighted by molar-refractivity contribution is 0.455. The minimum atomic E-state index is 0. The smallest absolute Gasteiger partial charge is 0.191 e. The van der Waals surface area contributed by atoms with Gasteiger partial charge in [0.1, 0.15) is 0 Å². The van der Waals surface area contributed by atoms with Crippen LogP contribution in [0.15, 0.2) is 10.4 Å². The van der Waals surface area contributed by atoms with Crippen LogP contribution in [0.5, 0.6) is 0 Å². The second-order valence-corrected chi connectivity index (χ2v) is 6.85. The van der Waals surface area contributed by atoms with Gasteiger partial charge in [-0.15, -0.1) is 35.3 Å². The van der Waals surface area contributed by atoms with Gasteiger partial charge >= 0.3 is 0 Å². The van der Waals surface area contributed by atoms with Crippen molar-refractivity contribution in [2.75, 3.05) is 31.1 Å². The van der Waals surface area contributed by atoms with Crippen LogP contribution in [0, 0.1) is 6.92 Å². The van der Waals surface area contributed by atoms with Crippen molar-refractivity contribution in [3.63, 3.8) is 0 Å². The van der Waals surface area contributed by atoms with Gasteiger partial charge in [0, 0.05) is 42.2 Å². The summed E-state index contributed by atoms with van der Waals surface area (Å²) < 4.78 is 0. The molecule has 1 aliphatic rings. The lowest BCUT2D eigenvalue weighted by Gasteiger charge is -2.27. The number of nitrogens with two attached hydrogens (primary N) is 1. The van der Waals surface area contributed by atoms with Gasteiger partial charge in [-0.05, 0) is 26.2 Å². The first-order valence-corrected chi connectivity index (χ1v) is 8.83. The zero-order valence-electron chi connectivity index (χ0n) is 11.9. The molecule has 7 heteroatoms. The highest BCUT2D eigenvalue weighted by Gasteiger charge is 2.11. The van der Waals surface area contributed by atoms with E-state index in [1.807, 2.05) is 18.7 Å². The Morgan fingerprint density at radius 3 is 2.80 bits per heavy atom. The molecule has 0 aromatic carbocycles. The van der Waals surface area contributed by atoms with Crippen molar-refractivity contribution in [3.8, 4) is 0 Å². The summed E-state index contributed by atoms with van der Waals surface area (Å²) in [7, 11) is 0. The van der Waals surface area contributed by atoms with Gasteiger partial charge in [-0.1, -0.05) is 0 Å². The van der Waals surface area contributed by atoms with E-state index in [0.29, 0.717) is 0 Å². The molecule has 1 aliphatic heterocycles. The van der Waals surface area contributed by atoms with Gasteiger partial charge in [-0.3, -0.25) is 4.99 Å². The molecule has 2 N–H and O–H groups in total. The Balaban J connectivity index is 0.00000200. The van der Waals surface area contributed by atoms with Crippen LogP contribution >= 0.6 is 47.1 Å². The second kappa shape index (κ2) is 9.83. The molecule has 0 aliphatic carbocycles. The van der Waals surface area contributed by atoms with Crippen LogP contribution < -0.4 is 5.73 Å². The van der Waals surface area contributed by atoms with Crippen molar-refractivity contribution in [2.24, 2.45) is 10.7 Å². The number of thiazole rings is 1. The van der Waals surface area contributed by atoms with Crippen molar-refractivity contribution in [1.29, 1.82) is 0 Å². The molecule has 0 unspecified atom stereocenters. The Kier molecular flexibility index (Phi) is 8.86. The average Bonchev–Trinajstić information content (AvgIpc) is 2.85. The number of hydrogen-bond acceptors (Lipinski definition) is 4. The molecule has 114 valence electrons. The number of rotatable bonds is 5. The maximum Gasteiger partial charge on any atom is 0.191 e. The Labute approximate surface area is 146 Å². The van der Waals surface area contributed by atoms with Crippen LogP contribution in [0.2, 0.25) is 0 Å². The lowest BCUT2D eigenvalue weighted by Crippen LogP contribution is -2.42. The zero-order valence-corrected chi connectivity index (χ0v) is 15.8. The number of hydrogen-bond donors (Lipinski definition) is 1. The van der Waals surface area contributed by atoms with Crippen molar-refractivity contribution in [3.05, 3.63) is 16.1 Å². The maximum absolute atomic E-state index is 6.00. The van der Waals surface area contributed by atoms with Crippen LogP contribution in [0.25, 0.3) is 0 Å². The predicted molar refractivity (Wildman–Crippen MR) is 101 cm³/mol. The number of aryl methyl sites for hydroxylation is 2.